The van der Waals surface area contributed by atoms with Crippen molar-refractivity contribution in [2.24, 2.45) is 7.05 Å². The van der Waals surface area contributed by atoms with E-state index in [-0.39, 0.29) is 6.10 Å². The van der Waals surface area contributed by atoms with Gasteiger partial charge >= 0.3 is 0 Å². The average molecular weight is 443 g/mol. The number of benzene rings is 1. The van der Waals surface area contributed by atoms with Gasteiger partial charge in [-0.05, 0) is 56.4 Å². The van der Waals surface area contributed by atoms with Gasteiger partial charge in [-0.3, -0.25) is 0 Å². The summed E-state index contributed by atoms with van der Waals surface area (Å²) in [6.45, 7) is 3.92. The van der Waals surface area contributed by atoms with Crippen LogP contribution in [-0.4, -0.2) is 30.6 Å². The zero-order chi connectivity index (χ0) is 22.5. The summed E-state index contributed by atoms with van der Waals surface area (Å²) >= 11 is 0. The van der Waals surface area contributed by atoms with Crippen LogP contribution in [0, 0.1) is 13.8 Å². The van der Waals surface area contributed by atoms with Gasteiger partial charge in [-0.25, -0.2) is 4.98 Å². The second kappa shape index (κ2) is 7.65. The van der Waals surface area contributed by atoms with Gasteiger partial charge in [0.25, 0.3) is 0 Å². The van der Waals surface area contributed by atoms with Crippen LogP contribution in [0.4, 0.5) is 11.6 Å². The van der Waals surface area contributed by atoms with E-state index >= 15 is 0 Å². The first-order valence-corrected chi connectivity index (χ1v) is 11.4. The standard InChI is InChI=1S/C25H26N6O2/c1-14-19(10-11-31(14)3)28-25-29-23-22(24(30-25)33-17-6-4-5-7-17)18(13-26-23)16-8-9-20-21(12-16)32-15(2)27-20/h8-13,17H,4-7H2,1-3H3,(H2,26,28,29,30). The molecule has 33 heavy (non-hydrogen) atoms. The molecular formula is C25H26N6O2. The summed E-state index contributed by atoms with van der Waals surface area (Å²) in [4.78, 5) is 17.3. The molecule has 4 heterocycles. The molecule has 0 aliphatic heterocycles. The summed E-state index contributed by atoms with van der Waals surface area (Å²) in [5.74, 6) is 1.77. The van der Waals surface area contributed by atoms with Crippen molar-refractivity contribution in [3.63, 3.8) is 0 Å². The van der Waals surface area contributed by atoms with Crippen LogP contribution in [0.15, 0.2) is 41.1 Å². The van der Waals surface area contributed by atoms with Crippen molar-refractivity contribution in [3.05, 3.63) is 48.2 Å². The molecule has 2 N–H and O–H groups in total. The van der Waals surface area contributed by atoms with E-state index in [4.69, 9.17) is 19.1 Å². The van der Waals surface area contributed by atoms with Crippen LogP contribution in [-0.2, 0) is 7.05 Å². The zero-order valence-electron chi connectivity index (χ0n) is 19.0. The lowest BCUT2D eigenvalue weighted by Crippen LogP contribution is -2.13. The molecular weight excluding hydrogens is 416 g/mol. The second-order valence-corrected chi connectivity index (χ2v) is 8.77. The van der Waals surface area contributed by atoms with Gasteiger partial charge in [0.05, 0.1) is 11.1 Å². The van der Waals surface area contributed by atoms with E-state index in [1.54, 1.807) is 0 Å². The molecule has 1 aliphatic carbocycles. The molecule has 0 amide bonds. The highest BCUT2D eigenvalue weighted by molar-refractivity contribution is 5.99. The number of aryl methyl sites for hydroxylation is 2. The molecule has 0 unspecified atom stereocenters. The van der Waals surface area contributed by atoms with Gasteiger partial charge in [0.2, 0.25) is 11.8 Å². The lowest BCUT2D eigenvalue weighted by atomic mass is 10.1. The Morgan fingerprint density at radius 1 is 1.12 bits per heavy atom. The van der Waals surface area contributed by atoms with Crippen molar-refractivity contribution in [1.82, 2.24) is 24.5 Å². The molecule has 1 aliphatic rings. The molecule has 6 rings (SSSR count). The summed E-state index contributed by atoms with van der Waals surface area (Å²) in [5.41, 5.74) is 6.41. The lowest BCUT2D eigenvalue weighted by molar-refractivity contribution is 0.204. The summed E-state index contributed by atoms with van der Waals surface area (Å²) in [5, 5.41) is 4.24. The zero-order valence-corrected chi connectivity index (χ0v) is 19.0. The van der Waals surface area contributed by atoms with Crippen molar-refractivity contribution in [2.75, 3.05) is 5.32 Å². The highest BCUT2D eigenvalue weighted by Crippen LogP contribution is 2.37. The number of rotatable bonds is 5. The number of hydrogen-bond acceptors (Lipinski definition) is 6. The largest absolute Gasteiger partial charge is 0.474 e. The van der Waals surface area contributed by atoms with Gasteiger partial charge < -0.3 is 24.0 Å². The third-order valence-electron chi connectivity index (χ3n) is 6.52. The Balaban J connectivity index is 1.47. The molecule has 1 fully saturated rings. The molecule has 0 atom stereocenters. The normalized spacial score (nSPS) is 14.5. The number of nitrogens with zero attached hydrogens (tertiary/aromatic N) is 4. The third kappa shape index (κ3) is 3.51. The maximum atomic E-state index is 6.46. The number of aromatic nitrogens is 5. The number of aromatic amines is 1. The Morgan fingerprint density at radius 3 is 2.76 bits per heavy atom. The minimum absolute atomic E-state index is 0.177. The predicted octanol–water partition coefficient (Wildman–Crippen LogP) is 5.79. The smallest absolute Gasteiger partial charge is 0.232 e. The summed E-state index contributed by atoms with van der Waals surface area (Å²) in [6, 6.07) is 8.06. The number of fused-ring (bicyclic) bond motifs is 2. The van der Waals surface area contributed by atoms with Gasteiger partial charge in [-0.15, -0.1) is 0 Å². The summed E-state index contributed by atoms with van der Waals surface area (Å²) in [6.07, 6.45) is 8.63. The minimum Gasteiger partial charge on any atom is -0.474 e. The molecule has 0 spiro atoms. The van der Waals surface area contributed by atoms with Crippen LogP contribution in [0.5, 0.6) is 5.88 Å². The van der Waals surface area contributed by atoms with Crippen LogP contribution in [0.1, 0.15) is 37.3 Å². The monoisotopic (exact) mass is 442 g/mol. The highest BCUT2D eigenvalue weighted by Gasteiger charge is 2.23. The van der Waals surface area contributed by atoms with Crippen molar-refractivity contribution in [2.45, 2.75) is 45.6 Å². The second-order valence-electron chi connectivity index (χ2n) is 8.77. The van der Waals surface area contributed by atoms with E-state index in [0.717, 1.165) is 57.5 Å². The predicted molar refractivity (Wildman–Crippen MR) is 128 cm³/mol. The van der Waals surface area contributed by atoms with Gasteiger partial charge in [0, 0.05) is 37.6 Å². The number of hydrogen-bond donors (Lipinski definition) is 2. The number of oxazole rings is 1. The first kappa shape index (κ1) is 19.8. The Kier molecular flexibility index (Phi) is 4.60. The minimum atomic E-state index is 0.177. The first-order valence-electron chi connectivity index (χ1n) is 11.4. The molecule has 4 aromatic heterocycles. The van der Waals surface area contributed by atoms with Crippen molar-refractivity contribution >= 4 is 33.8 Å². The van der Waals surface area contributed by atoms with E-state index < -0.39 is 0 Å². The molecule has 1 aromatic carbocycles. The Labute approximate surface area is 191 Å². The van der Waals surface area contributed by atoms with Crippen LogP contribution >= 0.6 is 0 Å². The van der Waals surface area contributed by atoms with E-state index in [9.17, 15) is 0 Å². The Hall–Kier alpha value is -3.81. The maximum Gasteiger partial charge on any atom is 0.232 e. The third-order valence-corrected chi connectivity index (χ3v) is 6.52. The SMILES string of the molecule is Cc1nc2ccc(-c3c[nH]c4nc(Nc5ccn(C)c5C)nc(OC5CCCC5)c34)cc2o1. The van der Waals surface area contributed by atoms with Crippen LogP contribution in [0.2, 0.25) is 0 Å². The van der Waals surface area contributed by atoms with Gasteiger partial charge in [0.1, 0.15) is 17.3 Å². The molecule has 8 nitrogen and oxygen atoms in total. The number of ether oxygens (including phenoxy) is 1. The lowest BCUT2D eigenvalue weighted by Gasteiger charge is -2.15. The molecule has 8 heteroatoms. The fourth-order valence-electron chi connectivity index (χ4n) is 4.60. The molecule has 0 saturated heterocycles. The summed E-state index contributed by atoms with van der Waals surface area (Å²) in [7, 11) is 2.02. The van der Waals surface area contributed by atoms with E-state index in [1.807, 2.05) is 50.6 Å². The van der Waals surface area contributed by atoms with Crippen molar-refractivity contribution in [1.29, 1.82) is 0 Å². The number of H-pyrrole nitrogens is 1. The van der Waals surface area contributed by atoms with Gasteiger partial charge in [-0.1, -0.05) is 6.07 Å². The molecule has 1 saturated carbocycles. The Bertz CT molecular complexity index is 1470. The van der Waals surface area contributed by atoms with Gasteiger partial charge in [0.15, 0.2) is 11.5 Å². The van der Waals surface area contributed by atoms with E-state index in [1.165, 1.54) is 12.8 Å². The quantitative estimate of drug-likeness (QED) is 0.358. The van der Waals surface area contributed by atoms with Crippen LogP contribution < -0.4 is 10.1 Å². The van der Waals surface area contributed by atoms with Crippen molar-refractivity contribution in [3.8, 4) is 17.0 Å². The van der Waals surface area contributed by atoms with Crippen LogP contribution in [0.25, 0.3) is 33.3 Å². The Morgan fingerprint density at radius 2 is 1.97 bits per heavy atom. The maximum absolute atomic E-state index is 6.46. The topological polar surface area (TPSA) is 93.8 Å². The average Bonchev–Trinajstić information content (AvgIpc) is 3.58. The number of anilines is 2. The van der Waals surface area contributed by atoms with Gasteiger partial charge in [-0.2, -0.15) is 9.97 Å². The number of nitrogens with one attached hydrogen (secondary N) is 2. The molecule has 0 bridgehead atoms. The van der Waals surface area contributed by atoms with E-state index in [2.05, 4.69) is 26.8 Å². The molecule has 0 radical (unpaired) electrons. The van der Waals surface area contributed by atoms with Crippen molar-refractivity contribution < 1.29 is 9.15 Å². The molecule has 5 aromatic rings. The fraction of sp³-hybridized carbons (Fsp3) is 0.320. The van der Waals surface area contributed by atoms with Crippen LogP contribution in [0.3, 0.4) is 0 Å². The fourth-order valence-corrected chi connectivity index (χ4v) is 4.60. The summed E-state index contributed by atoms with van der Waals surface area (Å²) < 4.78 is 14.3. The van der Waals surface area contributed by atoms with E-state index in [0.29, 0.717) is 17.7 Å². The first-order chi connectivity index (χ1) is 16.0. The molecule has 168 valence electrons. The highest BCUT2D eigenvalue weighted by atomic mass is 16.5.